The average Bonchev–Trinajstić information content (AvgIpc) is 0.989. The lowest BCUT2D eigenvalue weighted by Crippen LogP contribution is -2.11. The molecular formula is C101H98N8O7. The Morgan fingerprint density at radius 1 is 0.379 bits per heavy atom. The molecule has 16 aromatic rings. The van der Waals surface area contributed by atoms with E-state index in [1.165, 1.54) is 0 Å². The van der Waals surface area contributed by atoms with Crippen LogP contribution in [0.4, 0.5) is 0 Å². The number of H-pyrrole nitrogens is 3. The number of benzene rings is 8. The number of phenols is 4. The van der Waals surface area contributed by atoms with E-state index < -0.39 is 5.97 Å². The van der Waals surface area contributed by atoms with Gasteiger partial charge in [-0.05, 0) is 221 Å². The molecule has 0 saturated heterocycles. The second kappa shape index (κ2) is 30.9. The first-order valence-corrected chi connectivity index (χ1v) is 39.3. The summed E-state index contributed by atoms with van der Waals surface area (Å²) in [6, 6.07) is 64.7. The number of carbonyl (C=O) groups excluding carboxylic acids is 1. The number of fused-ring (bicyclic) bond motifs is 17. The van der Waals surface area contributed by atoms with E-state index in [1.54, 1.807) is 6.92 Å². The Labute approximate surface area is 675 Å². The summed E-state index contributed by atoms with van der Waals surface area (Å²) in [7, 11) is 0. The fraction of sp³-hybridized carbons (Fsp3) is 0.218. The van der Waals surface area contributed by atoms with Gasteiger partial charge in [-0.3, -0.25) is 9.59 Å². The maximum Gasteiger partial charge on any atom is 0.303 e. The molecule has 12 bridgehead atoms. The largest absolute Gasteiger partial charge is 0.507 e. The van der Waals surface area contributed by atoms with E-state index in [4.69, 9.17) is 30.0 Å². The topological polar surface area (TPSA) is 247 Å². The van der Waals surface area contributed by atoms with Gasteiger partial charge in [0.25, 0.3) is 0 Å². The number of carboxylic acid groups (broad SMARTS) is 1. The van der Waals surface area contributed by atoms with E-state index in [-0.39, 0.29) is 51.1 Å². The number of nitrogens with one attached hydrogen (secondary N) is 3. The summed E-state index contributed by atoms with van der Waals surface area (Å²) in [5, 5.41) is 61.7. The molecule has 0 atom stereocenters. The van der Waals surface area contributed by atoms with Gasteiger partial charge in [0.1, 0.15) is 23.0 Å². The van der Waals surface area contributed by atoms with Crippen LogP contribution in [0.25, 0.3) is 156 Å². The van der Waals surface area contributed by atoms with E-state index in [0.717, 1.165) is 150 Å². The highest BCUT2D eigenvalue weighted by atomic mass is 16.4. The third-order valence-electron chi connectivity index (χ3n) is 21.9. The van der Waals surface area contributed by atoms with Crippen molar-refractivity contribution in [1.29, 1.82) is 0 Å². The van der Waals surface area contributed by atoms with Crippen LogP contribution in [-0.2, 0) is 26.5 Å². The second-order valence-corrected chi connectivity index (χ2v) is 34.4. The summed E-state index contributed by atoms with van der Waals surface area (Å²) in [6.45, 7) is 35.8. The lowest BCUT2D eigenvalue weighted by Gasteiger charge is -2.22. The lowest BCUT2D eigenvalue weighted by molar-refractivity contribution is -0.136. The SMILES string of the molecule is CC(C)(C)c1cc(-c2ccc3ccc4ccc(-c5cc(C(C)(C)C)cc(-c6ccc[nH]6)c5O)nc4c3n2)c(O)c(-c2ccc[nH]2)c1.CCC(=O)O.Cc1cccc(C)c1-c1c2nc(c3cc(C(C)(C)C)cc(c3O)c3ccc4ccc5ccc(nc5c4n3)c3cc(C(C)(C)C)cc(c3O)c3ccc1[nH]3)C=C2.Cc1cccc(C)c1C=O. The highest BCUT2D eigenvalue weighted by Gasteiger charge is 2.27. The normalized spacial score (nSPS) is 12.1. The summed E-state index contributed by atoms with van der Waals surface area (Å²) in [4.78, 5) is 56.1. The molecule has 584 valence electrons. The van der Waals surface area contributed by atoms with Crippen molar-refractivity contribution in [3.05, 3.63) is 268 Å². The second-order valence-electron chi connectivity index (χ2n) is 34.4. The molecule has 8 N–H and O–H groups in total. The van der Waals surface area contributed by atoms with Gasteiger partial charge in [-0.15, -0.1) is 0 Å². The van der Waals surface area contributed by atoms with Gasteiger partial charge in [-0.2, -0.15) is 0 Å². The molecule has 0 amide bonds. The van der Waals surface area contributed by atoms with Crippen molar-refractivity contribution in [2.75, 3.05) is 0 Å². The highest BCUT2D eigenvalue weighted by Crippen LogP contribution is 2.47. The Bertz CT molecular complexity index is 6560. The van der Waals surface area contributed by atoms with Crippen molar-refractivity contribution >= 4 is 112 Å². The summed E-state index contributed by atoms with van der Waals surface area (Å²) in [5.41, 5.74) is 23.9. The number of aliphatic carboxylic acids is 1. The van der Waals surface area contributed by atoms with Gasteiger partial charge < -0.3 is 40.5 Å². The van der Waals surface area contributed by atoms with Crippen molar-refractivity contribution in [3.8, 4) is 79.2 Å². The van der Waals surface area contributed by atoms with Crippen LogP contribution >= 0.6 is 0 Å². The Balaban J connectivity index is 0.000000164. The number of rotatable bonds is 7. The van der Waals surface area contributed by atoms with Crippen molar-refractivity contribution < 1.29 is 35.1 Å². The highest BCUT2D eigenvalue weighted by molar-refractivity contribution is 6.10. The number of aldehydes is 1. The van der Waals surface area contributed by atoms with Gasteiger partial charge in [0.15, 0.2) is 6.29 Å². The van der Waals surface area contributed by atoms with Crippen LogP contribution in [0, 0.1) is 27.7 Å². The average molecular weight is 1540 g/mol. The fourth-order valence-electron chi connectivity index (χ4n) is 15.0. The molecule has 8 aromatic carbocycles. The Kier molecular flexibility index (Phi) is 21.2. The molecule has 0 spiro atoms. The molecule has 15 nitrogen and oxygen atoms in total. The van der Waals surface area contributed by atoms with Crippen LogP contribution in [0.3, 0.4) is 0 Å². The molecule has 8 aromatic heterocycles. The number of hydrogen-bond acceptors (Lipinski definition) is 11. The van der Waals surface area contributed by atoms with Crippen molar-refractivity contribution in [2.45, 2.75) is 146 Å². The number of carbonyl (C=O) groups is 2. The van der Waals surface area contributed by atoms with E-state index in [2.05, 4.69) is 185 Å². The maximum absolute atomic E-state index is 12.2. The molecule has 0 radical (unpaired) electrons. The maximum atomic E-state index is 12.2. The molecule has 0 aliphatic carbocycles. The lowest BCUT2D eigenvalue weighted by atomic mass is 9.83. The van der Waals surface area contributed by atoms with Crippen LogP contribution in [0.2, 0.25) is 0 Å². The minimum atomic E-state index is -0.745. The zero-order valence-electron chi connectivity index (χ0n) is 68.9. The van der Waals surface area contributed by atoms with Gasteiger partial charge in [0.2, 0.25) is 0 Å². The number of hydrogen-bond donors (Lipinski definition) is 8. The zero-order valence-corrected chi connectivity index (χ0v) is 68.9. The smallest absolute Gasteiger partial charge is 0.303 e. The van der Waals surface area contributed by atoms with Crippen molar-refractivity contribution in [3.63, 3.8) is 0 Å². The predicted molar refractivity (Wildman–Crippen MR) is 478 cm³/mol. The number of pyridine rings is 4. The zero-order chi connectivity index (χ0) is 82.8. The predicted octanol–water partition coefficient (Wildman–Crippen LogP) is 25.3. The quantitative estimate of drug-likeness (QED) is 0.0548. The van der Waals surface area contributed by atoms with Crippen molar-refractivity contribution in [2.24, 2.45) is 0 Å². The Hall–Kier alpha value is -13.3. The Morgan fingerprint density at radius 3 is 1.15 bits per heavy atom. The van der Waals surface area contributed by atoms with Gasteiger partial charge in [-0.25, -0.2) is 24.9 Å². The number of nitrogens with zero attached hydrogens (tertiary/aromatic N) is 5. The van der Waals surface area contributed by atoms with Crippen LogP contribution in [-0.4, -0.2) is 77.7 Å². The molecule has 0 saturated carbocycles. The molecule has 15 heteroatoms. The van der Waals surface area contributed by atoms with Crippen LogP contribution < -0.4 is 0 Å². The van der Waals surface area contributed by atoms with Gasteiger partial charge in [0, 0.05) is 118 Å². The molecule has 1 aliphatic heterocycles. The third kappa shape index (κ3) is 15.7. The number of aromatic nitrogens is 8. The number of carboxylic acids is 1. The number of aromatic hydroxyl groups is 4. The van der Waals surface area contributed by atoms with Gasteiger partial charge in [-0.1, -0.05) is 175 Å². The summed E-state index contributed by atoms with van der Waals surface area (Å²) in [5.74, 6) is -0.111. The monoisotopic (exact) mass is 1530 g/mol. The number of phenolic OH excluding ortho intramolecular Hbond substituents is 4. The van der Waals surface area contributed by atoms with E-state index in [9.17, 15) is 30.0 Å². The molecule has 1 aliphatic rings. The van der Waals surface area contributed by atoms with E-state index >= 15 is 0 Å². The number of aromatic amines is 3. The Morgan fingerprint density at radius 2 is 0.741 bits per heavy atom. The fourth-order valence-corrected chi connectivity index (χ4v) is 15.0. The van der Waals surface area contributed by atoms with Gasteiger partial charge >= 0.3 is 5.97 Å². The molecule has 116 heavy (non-hydrogen) atoms. The summed E-state index contributed by atoms with van der Waals surface area (Å²) in [6.07, 6.45) is 8.88. The van der Waals surface area contributed by atoms with Crippen LogP contribution in [0.1, 0.15) is 163 Å². The molecule has 17 rings (SSSR count). The summed E-state index contributed by atoms with van der Waals surface area (Å²) < 4.78 is 0. The minimum absolute atomic E-state index is 0.128. The molecular weight excluding hydrogens is 1440 g/mol. The first-order valence-electron chi connectivity index (χ1n) is 39.3. The summed E-state index contributed by atoms with van der Waals surface area (Å²) >= 11 is 0. The number of aryl methyl sites for hydroxylation is 4. The third-order valence-corrected chi connectivity index (χ3v) is 21.9. The molecule has 0 unspecified atom stereocenters. The van der Waals surface area contributed by atoms with Crippen molar-refractivity contribution in [1.82, 2.24) is 39.9 Å². The minimum Gasteiger partial charge on any atom is -0.507 e. The standard InChI is InChI=1S/C49H44N4O2.C40H38N4O2.C9H10O.C3H6O2/c1-26-10-9-11-27(2)42(26)43-40-20-18-36(50-40)32-22-30(48(3,4)5)24-34(46(32)54)38-16-14-28-12-13-29-15-17-39(53-45(29)44(28)52-38)35-25-31(49(6,7)8)23-33(47(35)55)37-19-21-41(43)51-37;1-39(2,3)25-19-27(31-9-7-17-41-31)37(45)29(21-25)33-15-13-23-11-12-24-14-16-34(44-36(24)35(23)43-33)30-22-26(40(4,5)6)20-28(38(30)46)32-10-8-18-42-32;1-7-4-3-5-8(2)9(7)6-10;1-2-3(4)5/h9-25,50,54-55H,1-8H3;7-22,41-42,45-46H,1-6H3;3-6H,1-2H3;2H2,1H3,(H,4,5). The molecule has 9 heterocycles. The first kappa shape index (κ1) is 79.4. The van der Waals surface area contributed by atoms with Crippen LogP contribution in [0.15, 0.2) is 207 Å². The van der Waals surface area contributed by atoms with Crippen LogP contribution in [0.5, 0.6) is 23.0 Å². The van der Waals surface area contributed by atoms with E-state index in [1.807, 2.05) is 160 Å². The first-order chi connectivity index (χ1) is 55.1. The van der Waals surface area contributed by atoms with Gasteiger partial charge in [0.05, 0.1) is 55.9 Å². The molecule has 0 fully saturated rings. The van der Waals surface area contributed by atoms with E-state index in [0.29, 0.717) is 60.8 Å².